The van der Waals surface area contributed by atoms with Crippen LogP contribution in [0.25, 0.3) is 0 Å². The average Bonchev–Trinajstić information content (AvgIpc) is 2.69. The molecular weight excluding hydrogens is 374 g/mol. The highest BCUT2D eigenvalue weighted by Crippen LogP contribution is 2.29. The van der Waals surface area contributed by atoms with E-state index in [1.807, 2.05) is 38.1 Å². The van der Waals surface area contributed by atoms with Crippen LogP contribution in [0.2, 0.25) is 0 Å². The molecule has 1 N–H and O–H groups in total. The smallest absolute Gasteiger partial charge is 0.243 e. The number of carbonyl (C=O) groups is 1. The number of rotatable bonds is 3. The minimum atomic E-state index is -3.48. The van der Waals surface area contributed by atoms with Gasteiger partial charge in [-0.05, 0) is 61.2 Å². The van der Waals surface area contributed by atoms with Gasteiger partial charge in [-0.15, -0.1) is 0 Å². The third kappa shape index (κ3) is 3.52. The summed E-state index contributed by atoms with van der Waals surface area (Å²) < 4.78 is 27.8. The molecule has 2 aromatic rings. The van der Waals surface area contributed by atoms with Gasteiger partial charge in [-0.1, -0.05) is 12.1 Å². The Labute approximate surface area is 166 Å². The number of piperazine rings is 1. The third-order valence-corrected chi connectivity index (χ3v) is 7.59. The standard InChI is InChI=1S/C21H25N3O3S/c1-15-3-4-16(2)20(13-15)28(26,27)24-11-9-23(10-12-24)18-6-7-19-17(14-18)5-8-21(25)22-19/h3-4,6-7,13-14H,5,8-12H2,1-2H3,(H,22,25). The van der Waals surface area contributed by atoms with Crippen LogP contribution >= 0.6 is 0 Å². The van der Waals surface area contributed by atoms with Crippen LogP contribution in [-0.2, 0) is 21.2 Å². The van der Waals surface area contributed by atoms with E-state index in [1.54, 1.807) is 10.4 Å². The second-order valence-corrected chi connectivity index (χ2v) is 9.46. The van der Waals surface area contributed by atoms with Crippen LogP contribution in [0.3, 0.4) is 0 Å². The quantitative estimate of drug-likeness (QED) is 0.862. The highest BCUT2D eigenvalue weighted by molar-refractivity contribution is 7.89. The number of hydrogen-bond acceptors (Lipinski definition) is 4. The molecule has 4 rings (SSSR count). The van der Waals surface area contributed by atoms with Gasteiger partial charge >= 0.3 is 0 Å². The number of aryl methyl sites for hydroxylation is 3. The van der Waals surface area contributed by atoms with Gasteiger partial charge in [-0.2, -0.15) is 4.31 Å². The first kappa shape index (κ1) is 19.0. The molecule has 0 atom stereocenters. The normalized spacial score (nSPS) is 17.9. The van der Waals surface area contributed by atoms with E-state index in [9.17, 15) is 13.2 Å². The van der Waals surface area contributed by atoms with Gasteiger partial charge in [-0.3, -0.25) is 4.79 Å². The van der Waals surface area contributed by atoms with Crippen molar-refractivity contribution in [1.82, 2.24) is 4.31 Å². The van der Waals surface area contributed by atoms with Crippen LogP contribution in [0.15, 0.2) is 41.3 Å². The molecule has 2 aliphatic rings. The van der Waals surface area contributed by atoms with Crippen LogP contribution < -0.4 is 10.2 Å². The number of sulfonamides is 1. The predicted molar refractivity (Wildman–Crippen MR) is 110 cm³/mol. The van der Waals surface area contributed by atoms with Crippen LogP contribution in [-0.4, -0.2) is 44.8 Å². The van der Waals surface area contributed by atoms with Crippen molar-refractivity contribution >= 4 is 27.3 Å². The first-order valence-corrected chi connectivity index (χ1v) is 11.0. The summed E-state index contributed by atoms with van der Waals surface area (Å²) in [5.41, 5.74) is 4.84. The van der Waals surface area contributed by atoms with Crippen molar-refractivity contribution < 1.29 is 13.2 Å². The van der Waals surface area contributed by atoms with Gasteiger partial charge < -0.3 is 10.2 Å². The lowest BCUT2D eigenvalue weighted by atomic mass is 10.0. The minimum absolute atomic E-state index is 0.0607. The van der Waals surface area contributed by atoms with E-state index < -0.39 is 10.0 Å². The third-order valence-electron chi connectivity index (χ3n) is 5.55. The van der Waals surface area contributed by atoms with E-state index in [-0.39, 0.29) is 5.91 Å². The number of fused-ring (bicyclic) bond motifs is 1. The number of anilines is 2. The molecule has 0 radical (unpaired) electrons. The summed E-state index contributed by atoms with van der Waals surface area (Å²) in [7, 11) is -3.48. The Kier molecular flexibility index (Phi) is 4.89. The van der Waals surface area contributed by atoms with E-state index >= 15 is 0 Å². The maximum absolute atomic E-state index is 13.1. The maximum Gasteiger partial charge on any atom is 0.243 e. The second-order valence-electron chi connectivity index (χ2n) is 7.55. The molecule has 2 heterocycles. The molecule has 1 amide bonds. The molecule has 1 fully saturated rings. The fourth-order valence-corrected chi connectivity index (χ4v) is 5.61. The maximum atomic E-state index is 13.1. The summed E-state index contributed by atoms with van der Waals surface area (Å²) in [5.74, 6) is 0.0607. The molecule has 0 spiro atoms. The average molecular weight is 400 g/mol. The first-order valence-electron chi connectivity index (χ1n) is 9.60. The van der Waals surface area contributed by atoms with Gasteiger partial charge in [0.25, 0.3) is 0 Å². The number of amides is 1. The zero-order valence-corrected chi connectivity index (χ0v) is 17.1. The van der Waals surface area contributed by atoms with E-state index in [0.717, 1.165) is 34.5 Å². The van der Waals surface area contributed by atoms with Crippen molar-refractivity contribution in [3.05, 3.63) is 53.1 Å². The van der Waals surface area contributed by atoms with Crippen LogP contribution in [0.1, 0.15) is 23.1 Å². The molecule has 0 aliphatic carbocycles. The van der Waals surface area contributed by atoms with Crippen LogP contribution in [0.5, 0.6) is 0 Å². The minimum Gasteiger partial charge on any atom is -0.369 e. The molecule has 7 heteroatoms. The summed E-state index contributed by atoms with van der Waals surface area (Å²) in [4.78, 5) is 14.1. The lowest BCUT2D eigenvalue weighted by molar-refractivity contribution is -0.116. The van der Waals surface area contributed by atoms with Gasteiger partial charge in [0.05, 0.1) is 4.90 Å². The molecule has 1 saturated heterocycles. The Bertz CT molecular complexity index is 1030. The second kappa shape index (κ2) is 7.22. The first-order chi connectivity index (χ1) is 13.3. The van der Waals surface area contributed by atoms with Gasteiger partial charge in [0, 0.05) is 44.0 Å². The van der Waals surface area contributed by atoms with Crippen molar-refractivity contribution in [2.45, 2.75) is 31.6 Å². The molecule has 6 nitrogen and oxygen atoms in total. The van der Waals surface area contributed by atoms with Crippen molar-refractivity contribution in [3.63, 3.8) is 0 Å². The highest BCUT2D eigenvalue weighted by Gasteiger charge is 2.30. The van der Waals surface area contributed by atoms with E-state index in [1.165, 1.54) is 0 Å². The van der Waals surface area contributed by atoms with Crippen LogP contribution in [0.4, 0.5) is 11.4 Å². The molecule has 2 aliphatic heterocycles. The summed E-state index contributed by atoms with van der Waals surface area (Å²) >= 11 is 0. The monoisotopic (exact) mass is 399 g/mol. The number of nitrogens with zero attached hydrogens (tertiary/aromatic N) is 2. The molecule has 148 valence electrons. The molecule has 0 aromatic heterocycles. The predicted octanol–water partition coefficient (Wildman–Crippen LogP) is 2.70. The Hall–Kier alpha value is -2.38. The largest absolute Gasteiger partial charge is 0.369 e. The lowest BCUT2D eigenvalue weighted by Crippen LogP contribution is -2.48. The molecular formula is C21H25N3O3S. The Morgan fingerprint density at radius 3 is 2.43 bits per heavy atom. The summed E-state index contributed by atoms with van der Waals surface area (Å²) in [6, 6.07) is 11.6. The number of hydrogen-bond donors (Lipinski definition) is 1. The Morgan fingerprint density at radius 1 is 0.929 bits per heavy atom. The van der Waals surface area contributed by atoms with E-state index in [4.69, 9.17) is 0 Å². The zero-order chi connectivity index (χ0) is 19.9. The van der Waals surface area contributed by atoms with Gasteiger partial charge in [0.15, 0.2) is 0 Å². The van der Waals surface area contributed by atoms with Crippen LogP contribution in [0, 0.1) is 13.8 Å². The van der Waals surface area contributed by atoms with Gasteiger partial charge in [-0.25, -0.2) is 8.42 Å². The van der Waals surface area contributed by atoms with Crippen molar-refractivity contribution in [1.29, 1.82) is 0 Å². The fourth-order valence-electron chi connectivity index (χ4n) is 3.88. The Balaban J connectivity index is 1.49. The molecule has 2 aromatic carbocycles. The van der Waals surface area contributed by atoms with E-state index in [2.05, 4.69) is 16.3 Å². The van der Waals surface area contributed by atoms with Crippen molar-refractivity contribution in [3.8, 4) is 0 Å². The topological polar surface area (TPSA) is 69.7 Å². The van der Waals surface area contributed by atoms with E-state index in [0.29, 0.717) is 37.5 Å². The molecule has 0 unspecified atom stereocenters. The lowest BCUT2D eigenvalue weighted by Gasteiger charge is -2.36. The Morgan fingerprint density at radius 2 is 1.68 bits per heavy atom. The summed E-state index contributed by atoms with van der Waals surface area (Å²) in [6.07, 6.45) is 1.26. The highest BCUT2D eigenvalue weighted by atomic mass is 32.2. The summed E-state index contributed by atoms with van der Waals surface area (Å²) in [6.45, 7) is 5.97. The number of nitrogens with one attached hydrogen (secondary N) is 1. The zero-order valence-electron chi connectivity index (χ0n) is 16.2. The van der Waals surface area contributed by atoms with Gasteiger partial charge in [0.1, 0.15) is 0 Å². The molecule has 0 bridgehead atoms. The fraction of sp³-hybridized carbons (Fsp3) is 0.381. The van der Waals surface area contributed by atoms with Crippen molar-refractivity contribution in [2.24, 2.45) is 0 Å². The number of carbonyl (C=O) groups excluding carboxylic acids is 1. The number of benzene rings is 2. The van der Waals surface area contributed by atoms with Crippen molar-refractivity contribution in [2.75, 3.05) is 36.4 Å². The molecule has 0 saturated carbocycles. The van der Waals surface area contributed by atoms with Gasteiger partial charge in [0.2, 0.25) is 15.9 Å². The summed E-state index contributed by atoms with van der Waals surface area (Å²) in [5, 5.41) is 2.90. The SMILES string of the molecule is Cc1ccc(C)c(S(=O)(=O)N2CCN(c3ccc4c(c3)CCC(=O)N4)CC2)c1. The molecule has 28 heavy (non-hydrogen) atoms.